The van der Waals surface area contributed by atoms with Crippen molar-refractivity contribution >= 4 is 40.7 Å². The quantitative estimate of drug-likeness (QED) is 0.869. The second kappa shape index (κ2) is 6.47. The standard InChI is InChI=1S/C13H10Cl3N3O2/c14-13(15,16)11(19-8-4-7-17-12(19)21)18-10(20)9-5-2-1-3-6-9/h1-8,11H,(H,18,20)/t11-/m0/s1. The normalized spacial score (nSPS) is 12.7. The first-order chi connectivity index (χ1) is 9.89. The molecule has 8 heteroatoms. The number of amides is 1. The highest BCUT2D eigenvalue weighted by Crippen LogP contribution is 2.36. The summed E-state index contributed by atoms with van der Waals surface area (Å²) in [6.07, 6.45) is 1.51. The number of carbonyl (C=O) groups is 1. The van der Waals surface area contributed by atoms with Crippen molar-refractivity contribution in [3.05, 3.63) is 64.8 Å². The predicted molar refractivity (Wildman–Crippen MR) is 81.7 cm³/mol. The lowest BCUT2D eigenvalue weighted by atomic mass is 10.2. The molecular formula is C13H10Cl3N3O2. The lowest BCUT2D eigenvalue weighted by molar-refractivity contribution is 0.0919. The summed E-state index contributed by atoms with van der Waals surface area (Å²) in [6.45, 7) is 0. The van der Waals surface area contributed by atoms with Crippen molar-refractivity contribution < 1.29 is 4.79 Å². The van der Waals surface area contributed by atoms with Crippen molar-refractivity contribution in [1.29, 1.82) is 0 Å². The molecular weight excluding hydrogens is 337 g/mol. The van der Waals surface area contributed by atoms with E-state index in [2.05, 4.69) is 10.3 Å². The van der Waals surface area contributed by atoms with Crippen molar-refractivity contribution in [2.75, 3.05) is 0 Å². The predicted octanol–water partition coefficient (Wildman–Crippen LogP) is 2.54. The molecule has 0 radical (unpaired) electrons. The summed E-state index contributed by atoms with van der Waals surface area (Å²) >= 11 is 17.6. The SMILES string of the molecule is O=C(N[C@@H](n1cccnc1=O)C(Cl)(Cl)Cl)c1ccccc1. The summed E-state index contributed by atoms with van der Waals surface area (Å²) < 4.78 is -0.870. The fourth-order valence-corrected chi connectivity index (χ4v) is 2.15. The molecule has 1 N–H and O–H groups in total. The Labute approximate surface area is 135 Å². The molecule has 21 heavy (non-hydrogen) atoms. The van der Waals surface area contributed by atoms with Crippen LogP contribution < -0.4 is 11.0 Å². The van der Waals surface area contributed by atoms with Gasteiger partial charge in [-0.15, -0.1) is 0 Å². The number of halogens is 3. The van der Waals surface area contributed by atoms with Gasteiger partial charge in [-0.1, -0.05) is 53.0 Å². The molecule has 0 aliphatic rings. The molecule has 0 saturated heterocycles. The van der Waals surface area contributed by atoms with Gasteiger partial charge in [0.05, 0.1) is 0 Å². The number of nitrogens with zero attached hydrogens (tertiary/aromatic N) is 2. The average molecular weight is 347 g/mol. The van der Waals surface area contributed by atoms with Gasteiger partial charge in [0, 0.05) is 18.0 Å². The maximum atomic E-state index is 12.2. The second-order valence-electron chi connectivity index (χ2n) is 4.09. The fraction of sp³-hybridized carbons (Fsp3) is 0.154. The third-order valence-electron chi connectivity index (χ3n) is 2.63. The van der Waals surface area contributed by atoms with E-state index in [0.717, 1.165) is 4.57 Å². The maximum Gasteiger partial charge on any atom is 0.349 e. The molecule has 0 bridgehead atoms. The topological polar surface area (TPSA) is 64.0 Å². The van der Waals surface area contributed by atoms with Gasteiger partial charge in [0.2, 0.25) is 3.79 Å². The fourth-order valence-electron chi connectivity index (χ4n) is 1.67. The van der Waals surface area contributed by atoms with Crippen LogP contribution >= 0.6 is 34.8 Å². The number of hydrogen-bond donors (Lipinski definition) is 1. The molecule has 1 amide bonds. The Morgan fingerprint density at radius 1 is 1.19 bits per heavy atom. The van der Waals surface area contributed by atoms with Crippen LogP contribution in [0.15, 0.2) is 53.6 Å². The highest BCUT2D eigenvalue weighted by atomic mass is 35.6. The summed E-state index contributed by atoms with van der Waals surface area (Å²) in [4.78, 5) is 27.5. The van der Waals surface area contributed by atoms with Gasteiger partial charge in [0.15, 0.2) is 6.17 Å². The van der Waals surface area contributed by atoms with Crippen LogP contribution in [0, 0.1) is 0 Å². The van der Waals surface area contributed by atoms with E-state index in [1.165, 1.54) is 18.5 Å². The zero-order valence-corrected chi connectivity index (χ0v) is 12.8. The first kappa shape index (κ1) is 15.8. The van der Waals surface area contributed by atoms with E-state index in [9.17, 15) is 9.59 Å². The number of alkyl halides is 3. The molecule has 0 fully saturated rings. The van der Waals surface area contributed by atoms with Crippen LogP contribution in [-0.2, 0) is 0 Å². The third-order valence-corrected chi connectivity index (χ3v) is 3.25. The lowest BCUT2D eigenvalue weighted by Gasteiger charge is -2.26. The van der Waals surface area contributed by atoms with Crippen LogP contribution in [-0.4, -0.2) is 19.3 Å². The van der Waals surface area contributed by atoms with Crippen molar-refractivity contribution in [3.8, 4) is 0 Å². The Kier molecular flexibility index (Phi) is 4.88. The van der Waals surface area contributed by atoms with Gasteiger partial charge in [0.1, 0.15) is 0 Å². The monoisotopic (exact) mass is 345 g/mol. The van der Waals surface area contributed by atoms with Crippen LogP contribution in [0.3, 0.4) is 0 Å². The summed E-state index contributed by atoms with van der Waals surface area (Å²) in [7, 11) is 0. The largest absolute Gasteiger partial charge is 0.349 e. The number of rotatable bonds is 3. The molecule has 1 aromatic heterocycles. The minimum atomic E-state index is -1.92. The molecule has 2 aromatic rings. The van der Waals surface area contributed by atoms with E-state index in [-0.39, 0.29) is 0 Å². The van der Waals surface area contributed by atoms with Gasteiger partial charge >= 0.3 is 5.69 Å². The van der Waals surface area contributed by atoms with E-state index < -0.39 is 21.6 Å². The van der Waals surface area contributed by atoms with Crippen molar-refractivity contribution in [1.82, 2.24) is 14.9 Å². The van der Waals surface area contributed by atoms with Gasteiger partial charge in [-0.05, 0) is 18.2 Å². The van der Waals surface area contributed by atoms with Gasteiger partial charge in [-0.25, -0.2) is 9.78 Å². The van der Waals surface area contributed by atoms with E-state index in [1.54, 1.807) is 30.3 Å². The van der Waals surface area contributed by atoms with Crippen molar-refractivity contribution in [2.45, 2.75) is 9.96 Å². The molecule has 5 nitrogen and oxygen atoms in total. The molecule has 2 rings (SSSR count). The number of nitrogens with one attached hydrogen (secondary N) is 1. The highest BCUT2D eigenvalue weighted by Gasteiger charge is 2.36. The molecule has 1 aromatic carbocycles. The Bertz CT molecular complexity index is 683. The summed E-state index contributed by atoms with van der Waals surface area (Å²) in [5.74, 6) is -0.470. The molecule has 0 unspecified atom stereocenters. The molecule has 0 spiro atoms. The number of aromatic nitrogens is 2. The van der Waals surface area contributed by atoms with Gasteiger partial charge < -0.3 is 5.32 Å². The van der Waals surface area contributed by atoms with Gasteiger partial charge in [-0.2, -0.15) is 0 Å². The third kappa shape index (κ3) is 3.97. The molecule has 0 saturated carbocycles. The van der Waals surface area contributed by atoms with Crippen LogP contribution in [0.1, 0.15) is 16.5 Å². The minimum absolute atomic E-state index is 0.383. The number of carbonyl (C=O) groups excluding carboxylic acids is 1. The Morgan fingerprint density at radius 2 is 1.86 bits per heavy atom. The van der Waals surface area contributed by atoms with Crippen LogP contribution in [0.25, 0.3) is 0 Å². The average Bonchev–Trinajstić information content (AvgIpc) is 2.45. The Morgan fingerprint density at radius 3 is 2.43 bits per heavy atom. The summed E-state index contributed by atoms with van der Waals surface area (Å²) in [5, 5.41) is 2.52. The molecule has 1 atom stereocenters. The first-order valence-electron chi connectivity index (χ1n) is 5.85. The van der Waals surface area contributed by atoms with Crippen LogP contribution in [0.2, 0.25) is 0 Å². The van der Waals surface area contributed by atoms with E-state index in [1.807, 2.05) is 0 Å². The van der Waals surface area contributed by atoms with Crippen LogP contribution in [0.5, 0.6) is 0 Å². The molecule has 1 heterocycles. The second-order valence-corrected chi connectivity index (χ2v) is 6.46. The summed E-state index contributed by atoms with van der Waals surface area (Å²) in [6, 6.07) is 9.90. The first-order valence-corrected chi connectivity index (χ1v) is 6.99. The summed E-state index contributed by atoms with van der Waals surface area (Å²) in [5.41, 5.74) is -0.254. The van der Waals surface area contributed by atoms with Gasteiger partial charge in [0.25, 0.3) is 5.91 Å². The van der Waals surface area contributed by atoms with Crippen LogP contribution in [0.4, 0.5) is 0 Å². The number of benzene rings is 1. The Balaban J connectivity index is 2.33. The van der Waals surface area contributed by atoms with E-state index >= 15 is 0 Å². The zero-order valence-electron chi connectivity index (χ0n) is 10.5. The smallest absolute Gasteiger partial charge is 0.328 e. The van der Waals surface area contributed by atoms with E-state index in [0.29, 0.717) is 5.56 Å². The lowest BCUT2D eigenvalue weighted by Crippen LogP contribution is -2.44. The maximum absolute atomic E-state index is 12.2. The van der Waals surface area contributed by atoms with Crippen molar-refractivity contribution in [3.63, 3.8) is 0 Å². The van der Waals surface area contributed by atoms with Gasteiger partial charge in [-0.3, -0.25) is 9.36 Å². The number of hydrogen-bond acceptors (Lipinski definition) is 3. The molecule has 0 aliphatic carbocycles. The molecule has 0 aliphatic heterocycles. The van der Waals surface area contributed by atoms with Crippen molar-refractivity contribution in [2.24, 2.45) is 0 Å². The molecule has 110 valence electrons. The minimum Gasteiger partial charge on any atom is -0.328 e. The van der Waals surface area contributed by atoms with E-state index in [4.69, 9.17) is 34.8 Å². The zero-order chi connectivity index (χ0) is 15.5. The Hall–Kier alpha value is -1.56. The highest BCUT2D eigenvalue weighted by molar-refractivity contribution is 6.67.